The zero-order valence-corrected chi connectivity index (χ0v) is 14.9. The molecule has 0 aromatic heterocycles. The number of carboxylic acid groups (broad SMARTS) is 1. The molecule has 3 N–H and O–H groups in total. The van der Waals surface area contributed by atoms with Gasteiger partial charge in [0.15, 0.2) is 0 Å². The molecule has 2 aromatic rings. The monoisotopic (exact) mass is 341 g/mol. The second-order valence-corrected chi connectivity index (χ2v) is 6.43. The second-order valence-electron chi connectivity index (χ2n) is 6.43. The lowest BCUT2D eigenvalue weighted by molar-refractivity contribution is 0.0161. The maximum absolute atomic E-state index is 11.0. The van der Waals surface area contributed by atoms with Gasteiger partial charge in [-0.05, 0) is 36.6 Å². The van der Waals surface area contributed by atoms with Crippen LogP contribution in [0.1, 0.15) is 59.3 Å². The topological polar surface area (TPSA) is 72.5 Å². The molecule has 2 aromatic carbocycles. The Hall–Kier alpha value is -2.17. The Balaban J connectivity index is 2.06. The van der Waals surface area contributed by atoms with Crippen molar-refractivity contribution < 1.29 is 14.6 Å². The molecule has 0 saturated carbocycles. The molecule has 0 radical (unpaired) electrons. The van der Waals surface area contributed by atoms with Crippen molar-refractivity contribution >= 4 is 5.97 Å². The summed E-state index contributed by atoms with van der Waals surface area (Å²) >= 11 is 0. The van der Waals surface area contributed by atoms with E-state index in [1.54, 1.807) is 24.3 Å². The van der Waals surface area contributed by atoms with Crippen molar-refractivity contribution in [2.45, 2.75) is 51.9 Å². The number of carboxylic acids is 1. The SMILES string of the molecule is CCCCC(OCc1ccc(C)cc1)C(N)c1ccc(C(=O)O)cc1. The Morgan fingerprint density at radius 2 is 1.76 bits per heavy atom. The van der Waals surface area contributed by atoms with Crippen molar-refractivity contribution in [2.24, 2.45) is 5.73 Å². The summed E-state index contributed by atoms with van der Waals surface area (Å²) in [7, 11) is 0. The van der Waals surface area contributed by atoms with Gasteiger partial charge in [0.25, 0.3) is 0 Å². The van der Waals surface area contributed by atoms with Crippen LogP contribution in [0.3, 0.4) is 0 Å². The van der Waals surface area contributed by atoms with E-state index in [0.717, 1.165) is 30.4 Å². The standard InChI is InChI=1S/C21H27NO3/c1-3-4-5-19(25-14-16-8-6-15(2)7-9-16)20(22)17-10-12-18(13-11-17)21(23)24/h6-13,19-20H,3-5,14,22H2,1-2H3,(H,23,24). The summed E-state index contributed by atoms with van der Waals surface area (Å²) in [6.07, 6.45) is 2.90. The first-order chi connectivity index (χ1) is 12.0. The Bertz CT molecular complexity index is 665. The molecule has 0 aliphatic heterocycles. The average Bonchev–Trinajstić information content (AvgIpc) is 2.63. The van der Waals surface area contributed by atoms with E-state index in [4.69, 9.17) is 15.6 Å². The smallest absolute Gasteiger partial charge is 0.335 e. The molecule has 0 spiro atoms. The highest BCUT2D eigenvalue weighted by atomic mass is 16.5. The summed E-state index contributed by atoms with van der Waals surface area (Å²) in [6, 6.07) is 14.8. The van der Waals surface area contributed by atoms with Crippen molar-refractivity contribution in [1.29, 1.82) is 0 Å². The van der Waals surface area contributed by atoms with Gasteiger partial charge < -0.3 is 15.6 Å². The van der Waals surface area contributed by atoms with Crippen molar-refractivity contribution in [3.63, 3.8) is 0 Å². The van der Waals surface area contributed by atoms with Crippen LogP contribution in [0.4, 0.5) is 0 Å². The molecule has 4 heteroatoms. The van der Waals surface area contributed by atoms with Gasteiger partial charge in [0.2, 0.25) is 0 Å². The van der Waals surface area contributed by atoms with Gasteiger partial charge in [0, 0.05) is 0 Å². The highest BCUT2D eigenvalue weighted by Gasteiger charge is 2.20. The van der Waals surface area contributed by atoms with Crippen LogP contribution in [0.25, 0.3) is 0 Å². The lowest BCUT2D eigenvalue weighted by Gasteiger charge is -2.25. The molecule has 0 saturated heterocycles. The number of benzene rings is 2. The zero-order valence-electron chi connectivity index (χ0n) is 14.9. The van der Waals surface area contributed by atoms with Gasteiger partial charge >= 0.3 is 5.97 Å². The zero-order chi connectivity index (χ0) is 18.2. The van der Waals surface area contributed by atoms with Crippen LogP contribution in [0, 0.1) is 6.92 Å². The third-order valence-corrected chi connectivity index (χ3v) is 4.37. The highest BCUT2D eigenvalue weighted by Crippen LogP contribution is 2.23. The Kier molecular flexibility index (Phi) is 7.16. The predicted octanol–water partition coefficient (Wildman–Crippen LogP) is 4.47. The molecule has 2 atom stereocenters. The average molecular weight is 341 g/mol. The van der Waals surface area contributed by atoms with Gasteiger partial charge in [-0.2, -0.15) is 0 Å². The van der Waals surface area contributed by atoms with Crippen LogP contribution in [-0.2, 0) is 11.3 Å². The lowest BCUT2D eigenvalue weighted by Crippen LogP contribution is -2.29. The molecular formula is C21H27NO3. The fourth-order valence-corrected chi connectivity index (χ4v) is 2.72. The Labute approximate surface area is 149 Å². The number of aromatic carboxylic acids is 1. The third-order valence-electron chi connectivity index (χ3n) is 4.37. The van der Waals surface area contributed by atoms with Crippen molar-refractivity contribution in [2.75, 3.05) is 0 Å². The number of hydrogen-bond donors (Lipinski definition) is 2. The summed E-state index contributed by atoms with van der Waals surface area (Å²) in [5, 5.41) is 9.01. The van der Waals surface area contributed by atoms with E-state index in [9.17, 15) is 4.79 Å². The number of ether oxygens (including phenoxy) is 1. The molecule has 25 heavy (non-hydrogen) atoms. The summed E-state index contributed by atoms with van der Waals surface area (Å²) in [4.78, 5) is 11.0. The van der Waals surface area contributed by atoms with Gasteiger partial charge in [-0.15, -0.1) is 0 Å². The van der Waals surface area contributed by atoms with Crippen molar-refractivity contribution in [3.05, 3.63) is 70.8 Å². The first kappa shape index (κ1) is 19.2. The second kappa shape index (κ2) is 9.35. The van der Waals surface area contributed by atoms with Crippen LogP contribution >= 0.6 is 0 Å². The van der Waals surface area contributed by atoms with E-state index in [1.165, 1.54) is 5.56 Å². The van der Waals surface area contributed by atoms with E-state index < -0.39 is 5.97 Å². The van der Waals surface area contributed by atoms with Crippen LogP contribution < -0.4 is 5.73 Å². The third kappa shape index (κ3) is 5.69. The number of aryl methyl sites for hydroxylation is 1. The summed E-state index contributed by atoms with van der Waals surface area (Å²) in [5.74, 6) is -0.932. The van der Waals surface area contributed by atoms with E-state index in [1.807, 2.05) is 0 Å². The molecule has 4 nitrogen and oxygen atoms in total. The highest BCUT2D eigenvalue weighted by molar-refractivity contribution is 5.87. The fourth-order valence-electron chi connectivity index (χ4n) is 2.72. The molecular weight excluding hydrogens is 314 g/mol. The Morgan fingerprint density at radius 3 is 2.32 bits per heavy atom. The van der Waals surface area contributed by atoms with Crippen LogP contribution in [0.15, 0.2) is 48.5 Å². The Morgan fingerprint density at radius 1 is 1.12 bits per heavy atom. The number of carbonyl (C=O) groups is 1. The van der Waals surface area contributed by atoms with Crippen molar-refractivity contribution in [3.8, 4) is 0 Å². The van der Waals surface area contributed by atoms with Gasteiger partial charge in [-0.25, -0.2) is 4.79 Å². The predicted molar refractivity (Wildman–Crippen MR) is 99.6 cm³/mol. The van der Waals surface area contributed by atoms with Crippen LogP contribution in [-0.4, -0.2) is 17.2 Å². The number of unbranched alkanes of at least 4 members (excludes halogenated alkanes) is 1. The summed E-state index contributed by atoms with van der Waals surface area (Å²) in [5.41, 5.74) is 9.93. The van der Waals surface area contributed by atoms with Gasteiger partial charge in [-0.3, -0.25) is 0 Å². The van der Waals surface area contributed by atoms with E-state index in [-0.39, 0.29) is 17.7 Å². The van der Waals surface area contributed by atoms with Crippen LogP contribution in [0.5, 0.6) is 0 Å². The molecule has 0 aliphatic carbocycles. The van der Waals surface area contributed by atoms with Gasteiger partial charge in [0.05, 0.1) is 24.3 Å². The molecule has 0 bridgehead atoms. The lowest BCUT2D eigenvalue weighted by atomic mass is 9.97. The van der Waals surface area contributed by atoms with E-state index >= 15 is 0 Å². The number of nitrogens with two attached hydrogens (primary N) is 1. The quantitative estimate of drug-likeness (QED) is 0.706. The first-order valence-electron chi connectivity index (χ1n) is 8.77. The molecule has 0 heterocycles. The van der Waals surface area contributed by atoms with E-state index in [2.05, 4.69) is 38.1 Å². The van der Waals surface area contributed by atoms with Crippen molar-refractivity contribution in [1.82, 2.24) is 0 Å². The minimum Gasteiger partial charge on any atom is -0.478 e. The molecule has 0 amide bonds. The summed E-state index contributed by atoms with van der Waals surface area (Å²) < 4.78 is 6.12. The first-order valence-corrected chi connectivity index (χ1v) is 8.77. The normalized spacial score (nSPS) is 13.4. The minimum absolute atomic E-state index is 0.100. The summed E-state index contributed by atoms with van der Waals surface area (Å²) in [6.45, 7) is 4.73. The van der Waals surface area contributed by atoms with Crippen LogP contribution in [0.2, 0.25) is 0 Å². The number of rotatable bonds is 9. The van der Waals surface area contributed by atoms with E-state index in [0.29, 0.717) is 6.61 Å². The molecule has 2 rings (SSSR count). The number of hydrogen-bond acceptors (Lipinski definition) is 3. The maximum Gasteiger partial charge on any atom is 0.335 e. The molecule has 0 fully saturated rings. The van der Waals surface area contributed by atoms with Gasteiger partial charge in [-0.1, -0.05) is 61.7 Å². The maximum atomic E-state index is 11.0. The molecule has 134 valence electrons. The largest absolute Gasteiger partial charge is 0.478 e. The minimum atomic E-state index is -0.932. The molecule has 0 aliphatic rings. The fraction of sp³-hybridized carbons (Fsp3) is 0.381. The van der Waals surface area contributed by atoms with Gasteiger partial charge in [0.1, 0.15) is 0 Å². The molecule has 2 unspecified atom stereocenters.